The van der Waals surface area contributed by atoms with Crippen molar-refractivity contribution in [2.24, 2.45) is 11.7 Å². The Morgan fingerprint density at radius 1 is 0.778 bits per heavy atom. The highest BCUT2D eigenvalue weighted by Crippen LogP contribution is 2.58. The molecule has 14 heteroatoms. The summed E-state index contributed by atoms with van der Waals surface area (Å²) in [6.45, 7) is 3.07. The van der Waals surface area contributed by atoms with E-state index < -0.39 is 54.5 Å². The quantitative estimate of drug-likeness (QED) is 0.492. The number of nitrogens with two attached hydrogens (primary N) is 1. The van der Waals surface area contributed by atoms with Gasteiger partial charge in [0.15, 0.2) is 0 Å². The number of carbonyl (C=O) groups is 1. The molecule has 0 fully saturated rings. The van der Waals surface area contributed by atoms with Crippen LogP contribution in [0.5, 0.6) is 0 Å². The van der Waals surface area contributed by atoms with Crippen LogP contribution in [0.4, 0.5) is 48.3 Å². The highest BCUT2D eigenvalue weighted by atomic mass is 35.5. The summed E-state index contributed by atoms with van der Waals surface area (Å²) >= 11 is 0. The maximum atomic E-state index is 13.5. The largest absolute Gasteiger partial charge is 0.460 e. The number of carbonyl (C=O) groups excluding carboxylic acids is 1. The van der Waals surface area contributed by atoms with Crippen LogP contribution in [0.3, 0.4) is 0 Å². The second-order valence-electron chi connectivity index (χ2n) is 6.23. The van der Waals surface area contributed by atoms with Crippen LogP contribution < -0.4 is 5.73 Å². The zero-order valence-electron chi connectivity index (χ0n) is 13.8. The summed E-state index contributed by atoms with van der Waals surface area (Å²) in [4.78, 5) is 11.4. The molecule has 0 spiro atoms. The van der Waals surface area contributed by atoms with Gasteiger partial charge < -0.3 is 5.73 Å². The topological polar surface area (TPSA) is 43.1 Å². The van der Waals surface area contributed by atoms with Crippen LogP contribution >= 0.6 is 12.4 Å². The van der Waals surface area contributed by atoms with Crippen molar-refractivity contribution < 1.29 is 53.1 Å². The van der Waals surface area contributed by atoms with E-state index in [1.807, 2.05) is 0 Å². The maximum Gasteiger partial charge on any atom is 0.460 e. The van der Waals surface area contributed by atoms with E-state index in [0.29, 0.717) is 0 Å². The third-order valence-corrected chi connectivity index (χ3v) is 3.25. The van der Waals surface area contributed by atoms with Crippen molar-refractivity contribution in [3.8, 4) is 0 Å². The molecule has 1 atom stereocenters. The molecule has 0 aliphatic rings. The normalized spacial score (nSPS) is 15.5. The molecule has 0 radical (unpaired) electrons. The summed E-state index contributed by atoms with van der Waals surface area (Å²) in [5.41, 5.74) is 4.98. The van der Waals surface area contributed by atoms with Crippen LogP contribution in [0.2, 0.25) is 0 Å². The summed E-state index contributed by atoms with van der Waals surface area (Å²) in [6, 6.07) is -2.16. The van der Waals surface area contributed by atoms with E-state index in [1.54, 1.807) is 0 Å². The first-order valence-corrected chi connectivity index (χ1v) is 7.06. The average Bonchev–Trinajstić information content (AvgIpc) is 2.34. The predicted octanol–water partition coefficient (Wildman–Crippen LogP) is 5.23. The van der Waals surface area contributed by atoms with Crippen molar-refractivity contribution in [2.75, 3.05) is 0 Å². The van der Waals surface area contributed by atoms with Crippen LogP contribution in [0.25, 0.3) is 0 Å². The zero-order chi connectivity index (χ0) is 21.4. The van der Waals surface area contributed by atoms with Gasteiger partial charge in [-0.3, -0.25) is 4.79 Å². The van der Waals surface area contributed by atoms with Crippen LogP contribution in [-0.2, 0) is 4.79 Å². The van der Waals surface area contributed by atoms with Crippen LogP contribution in [0, 0.1) is 5.92 Å². The van der Waals surface area contributed by atoms with Crippen molar-refractivity contribution in [2.45, 2.75) is 69.0 Å². The van der Waals surface area contributed by atoms with Gasteiger partial charge in [0.25, 0.3) is 0 Å². The molecule has 164 valence electrons. The van der Waals surface area contributed by atoms with Crippen LogP contribution in [-0.4, -0.2) is 41.7 Å². The van der Waals surface area contributed by atoms with Gasteiger partial charge >= 0.3 is 29.9 Å². The van der Waals surface area contributed by atoms with Crippen molar-refractivity contribution in [3.63, 3.8) is 0 Å². The Kier molecular flexibility index (Phi) is 9.10. The molecule has 27 heavy (non-hydrogen) atoms. The molecule has 0 bridgehead atoms. The highest BCUT2D eigenvalue weighted by Gasteiger charge is 2.86. The van der Waals surface area contributed by atoms with Crippen molar-refractivity contribution in [1.82, 2.24) is 0 Å². The fourth-order valence-corrected chi connectivity index (χ4v) is 1.97. The van der Waals surface area contributed by atoms with Crippen LogP contribution in [0.1, 0.15) is 33.1 Å². The minimum Gasteiger partial charge on any atom is -0.327 e. The van der Waals surface area contributed by atoms with Gasteiger partial charge in [-0.2, -0.15) is 48.3 Å². The maximum absolute atomic E-state index is 13.5. The van der Waals surface area contributed by atoms with Gasteiger partial charge in [0.2, 0.25) is 0 Å². The molecular formula is C13H17ClF11NO. The molecule has 0 rings (SSSR count). The van der Waals surface area contributed by atoms with Gasteiger partial charge in [-0.05, 0) is 5.92 Å². The molecule has 0 amide bonds. The van der Waals surface area contributed by atoms with Gasteiger partial charge in [-0.1, -0.05) is 13.8 Å². The van der Waals surface area contributed by atoms with E-state index in [4.69, 9.17) is 5.73 Å². The van der Waals surface area contributed by atoms with E-state index in [-0.39, 0.29) is 24.7 Å². The molecule has 0 aliphatic carbocycles. The summed E-state index contributed by atoms with van der Waals surface area (Å²) in [6.07, 6.45) is -10.8. The highest BCUT2D eigenvalue weighted by molar-refractivity contribution is 5.85. The Balaban J connectivity index is 0. The number of hydrogen-bond acceptors (Lipinski definition) is 2. The predicted molar refractivity (Wildman–Crippen MR) is 74.8 cm³/mol. The smallest absolute Gasteiger partial charge is 0.327 e. The minimum atomic E-state index is -7.45. The number of rotatable bonds is 9. The van der Waals surface area contributed by atoms with E-state index in [1.165, 1.54) is 13.8 Å². The first-order chi connectivity index (χ1) is 11.2. The Labute approximate surface area is 153 Å². The lowest BCUT2D eigenvalue weighted by Crippen LogP contribution is -2.67. The van der Waals surface area contributed by atoms with E-state index in [9.17, 15) is 53.1 Å². The molecule has 0 aromatic carbocycles. The van der Waals surface area contributed by atoms with Crippen molar-refractivity contribution >= 4 is 18.2 Å². The fraction of sp³-hybridized carbons (Fsp3) is 0.923. The first kappa shape index (κ1) is 28.4. The molecule has 0 aromatic rings. The fourth-order valence-electron chi connectivity index (χ4n) is 1.97. The molecular weight excluding hydrogens is 431 g/mol. The van der Waals surface area contributed by atoms with Crippen LogP contribution in [0.15, 0.2) is 0 Å². The molecule has 0 heterocycles. The standard InChI is InChI=1S/C13H16F11NO.ClH/c1-6(2)3-8(26)4-7(25)5-9(14,15)10(16,17)11(18,19)12(20,21)13(22,23)24;/h6-7H,3-5,25H2,1-2H3;1H. The minimum absolute atomic E-state index is 0. The molecule has 0 saturated carbocycles. The van der Waals surface area contributed by atoms with Gasteiger partial charge in [0.1, 0.15) is 5.78 Å². The molecule has 0 saturated heterocycles. The second kappa shape index (κ2) is 8.66. The Morgan fingerprint density at radius 3 is 1.52 bits per heavy atom. The van der Waals surface area contributed by atoms with Gasteiger partial charge in [-0.25, -0.2) is 0 Å². The number of Topliss-reactive ketones (excluding diaryl/α,β-unsaturated/α-hetero) is 1. The Hall–Kier alpha value is -0.850. The van der Waals surface area contributed by atoms with Crippen molar-refractivity contribution in [1.29, 1.82) is 0 Å². The number of halogens is 12. The summed E-state index contributed by atoms with van der Waals surface area (Å²) in [7, 11) is 0. The lowest BCUT2D eigenvalue weighted by atomic mass is 9.91. The third-order valence-electron chi connectivity index (χ3n) is 3.25. The molecule has 2 nitrogen and oxygen atoms in total. The monoisotopic (exact) mass is 447 g/mol. The summed E-state index contributed by atoms with van der Waals surface area (Å²) in [5.74, 6) is -29.1. The Morgan fingerprint density at radius 2 is 1.19 bits per heavy atom. The number of alkyl halides is 11. The van der Waals surface area contributed by atoms with Gasteiger partial charge in [0.05, 0.1) is 0 Å². The molecule has 2 N–H and O–H groups in total. The second-order valence-corrected chi connectivity index (χ2v) is 6.23. The SMILES string of the molecule is CC(C)CC(=O)CC(N)CC(F)(F)C(F)(F)C(F)(F)C(F)(F)C(F)(F)F.Cl. The molecule has 0 aliphatic heterocycles. The van der Waals surface area contributed by atoms with Gasteiger partial charge in [0, 0.05) is 25.3 Å². The Bertz CT molecular complexity index is 505. The van der Waals surface area contributed by atoms with Crippen molar-refractivity contribution in [3.05, 3.63) is 0 Å². The molecule has 0 aromatic heterocycles. The number of ketones is 1. The van der Waals surface area contributed by atoms with E-state index in [2.05, 4.69) is 0 Å². The molecule has 1 unspecified atom stereocenters. The lowest BCUT2D eigenvalue weighted by molar-refractivity contribution is -0.422. The lowest BCUT2D eigenvalue weighted by Gasteiger charge is -2.37. The van der Waals surface area contributed by atoms with Gasteiger partial charge in [-0.15, -0.1) is 12.4 Å². The van der Waals surface area contributed by atoms with E-state index >= 15 is 0 Å². The summed E-state index contributed by atoms with van der Waals surface area (Å²) < 4.78 is 141. The average molecular weight is 448 g/mol. The third kappa shape index (κ3) is 5.81. The number of hydrogen-bond donors (Lipinski definition) is 1. The zero-order valence-corrected chi connectivity index (χ0v) is 14.6. The van der Waals surface area contributed by atoms with E-state index in [0.717, 1.165) is 0 Å². The summed E-state index contributed by atoms with van der Waals surface area (Å²) in [5, 5.41) is 0. The first-order valence-electron chi connectivity index (χ1n) is 7.06.